The van der Waals surface area contributed by atoms with E-state index in [2.05, 4.69) is 32.4 Å². The molecule has 1 saturated heterocycles. The summed E-state index contributed by atoms with van der Waals surface area (Å²) in [7, 11) is 1.43. The van der Waals surface area contributed by atoms with Crippen molar-refractivity contribution in [3.8, 4) is 0 Å². The molecule has 0 spiro atoms. The number of likely N-dealkylation sites (tertiary alicyclic amines) is 1. The van der Waals surface area contributed by atoms with E-state index in [1.54, 1.807) is 4.90 Å². The lowest BCUT2D eigenvalue weighted by atomic mass is 10.0. The molecule has 1 amide bonds. The van der Waals surface area contributed by atoms with Gasteiger partial charge in [-0.1, -0.05) is 35.1 Å². The Morgan fingerprint density at radius 2 is 1.44 bits per heavy atom. The van der Waals surface area contributed by atoms with Gasteiger partial charge in [-0.15, -0.1) is 0 Å². The molecule has 0 aliphatic carbocycles. The molecule has 1 aliphatic rings. The molecule has 0 bridgehead atoms. The molecule has 0 atom stereocenters. The van der Waals surface area contributed by atoms with Gasteiger partial charge in [0.2, 0.25) is 0 Å². The molecule has 0 aromatic carbocycles. The minimum atomic E-state index is -0.181. The van der Waals surface area contributed by atoms with Gasteiger partial charge in [-0.05, 0) is 24.7 Å². The van der Waals surface area contributed by atoms with Crippen molar-refractivity contribution in [3.63, 3.8) is 0 Å². The second-order valence-corrected chi connectivity index (χ2v) is 5.52. The molecule has 0 N–H and O–H groups in total. The zero-order valence-corrected chi connectivity index (χ0v) is 10.8. The Hall–Kier alpha value is -0.730. The summed E-state index contributed by atoms with van der Waals surface area (Å²) in [5, 5.41) is 0. The Labute approximate surface area is 101 Å². The Bertz CT molecular complexity index is 173. The Balaban J connectivity index is 0. The van der Waals surface area contributed by atoms with E-state index in [0.29, 0.717) is 5.41 Å². The van der Waals surface area contributed by atoms with Gasteiger partial charge in [-0.3, -0.25) is 0 Å². The summed E-state index contributed by atoms with van der Waals surface area (Å²) in [5.41, 5.74) is 0.500. The number of hydrogen-bond acceptors (Lipinski definition) is 2. The van der Waals surface area contributed by atoms with E-state index < -0.39 is 0 Å². The molecular weight excluding hydrogens is 202 g/mol. The van der Waals surface area contributed by atoms with Crippen molar-refractivity contribution in [2.75, 3.05) is 20.2 Å². The van der Waals surface area contributed by atoms with Crippen LogP contribution in [0.4, 0.5) is 4.79 Å². The number of ether oxygens (including phenoxy) is 1. The molecule has 0 saturated carbocycles. The Morgan fingerprint density at radius 1 is 1.06 bits per heavy atom. The van der Waals surface area contributed by atoms with E-state index in [4.69, 9.17) is 0 Å². The maximum Gasteiger partial charge on any atom is 0.409 e. The summed E-state index contributed by atoms with van der Waals surface area (Å²) in [6.45, 7) is 10.5. The highest BCUT2D eigenvalue weighted by atomic mass is 16.5. The van der Waals surface area contributed by atoms with Gasteiger partial charge in [-0.2, -0.15) is 0 Å². The molecule has 0 unspecified atom stereocenters. The summed E-state index contributed by atoms with van der Waals surface area (Å²) in [6.07, 6.45) is 3.30. The largest absolute Gasteiger partial charge is 0.453 e. The molecule has 0 aromatic rings. The van der Waals surface area contributed by atoms with Gasteiger partial charge in [0.25, 0.3) is 0 Å². The van der Waals surface area contributed by atoms with Crippen LogP contribution in [0, 0.1) is 5.41 Å². The molecule has 98 valence electrons. The average Bonchev–Trinajstić information content (AvgIpc) is 2.15. The quantitative estimate of drug-likeness (QED) is 0.632. The fourth-order valence-electron chi connectivity index (χ4n) is 1.21. The van der Waals surface area contributed by atoms with Crippen LogP contribution in [0.2, 0.25) is 0 Å². The Kier molecular flexibility index (Phi) is 9.30. The summed E-state index contributed by atoms with van der Waals surface area (Å²) in [5.74, 6) is 0. The normalized spacial score (nSPS) is 15.4. The summed E-state index contributed by atoms with van der Waals surface area (Å²) in [4.78, 5) is 12.6. The average molecular weight is 231 g/mol. The monoisotopic (exact) mass is 231 g/mol. The smallest absolute Gasteiger partial charge is 0.409 e. The molecule has 0 radical (unpaired) electrons. The molecule has 16 heavy (non-hydrogen) atoms. The van der Waals surface area contributed by atoms with Crippen LogP contribution in [0.5, 0.6) is 0 Å². The van der Waals surface area contributed by atoms with Gasteiger partial charge in [0.05, 0.1) is 7.11 Å². The fourth-order valence-corrected chi connectivity index (χ4v) is 1.21. The lowest BCUT2D eigenvalue weighted by molar-refractivity contribution is 0.115. The van der Waals surface area contributed by atoms with Gasteiger partial charge in [0, 0.05) is 13.1 Å². The van der Waals surface area contributed by atoms with Crippen molar-refractivity contribution in [2.24, 2.45) is 5.41 Å². The number of carbonyl (C=O) groups excluding carboxylic acids is 1. The first-order valence-electron chi connectivity index (χ1n) is 5.67. The van der Waals surface area contributed by atoms with Crippen LogP contribution in [-0.2, 0) is 4.74 Å². The van der Waals surface area contributed by atoms with Crippen molar-refractivity contribution in [1.29, 1.82) is 0 Å². The number of hydrogen-bond donors (Lipinski definition) is 0. The molecule has 1 heterocycles. The minimum absolute atomic E-state index is 0. The molecule has 0 aromatic heterocycles. The first kappa shape index (κ1) is 17.7. The van der Waals surface area contributed by atoms with Gasteiger partial charge < -0.3 is 9.64 Å². The lowest BCUT2D eigenvalue weighted by Crippen LogP contribution is -2.35. The number of piperidine rings is 1. The topological polar surface area (TPSA) is 29.5 Å². The first-order chi connectivity index (χ1) is 6.84. The number of rotatable bonds is 0. The number of nitrogens with zero attached hydrogens (tertiary/aromatic N) is 1. The summed E-state index contributed by atoms with van der Waals surface area (Å²) >= 11 is 0. The summed E-state index contributed by atoms with van der Waals surface area (Å²) in [6, 6.07) is 0. The molecule has 1 aliphatic heterocycles. The molecular formula is C13H29NO2. The van der Waals surface area contributed by atoms with Crippen molar-refractivity contribution in [2.45, 2.75) is 54.4 Å². The number of amides is 1. The highest BCUT2D eigenvalue weighted by molar-refractivity contribution is 5.67. The second-order valence-electron chi connectivity index (χ2n) is 5.52. The van der Waals surface area contributed by atoms with E-state index >= 15 is 0 Å². The molecule has 3 heteroatoms. The second kappa shape index (κ2) is 8.43. The molecule has 1 fully saturated rings. The number of methoxy groups -OCH3 is 1. The number of carbonyl (C=O) groups is 1. The maximum absolute atomic E-state index is 10.9. The van der Waals surface area contributed by atoms with E-state index in [-0.39, 0.29) is 13.5 Å². The van der Waals surface area contributed by atoms with Crippen molar-refractivity contribution >= 4 is 6.09 Å². The Morgan fingerprint density at radius 3 is 1.75 bits per heavy atom. The maximum atomic E-state index is 10.9. The third kappa shape index (κ3) is 11.3. The van der Waals surface area contributed by atoms with Crippen LogP contribution in [0.15, 0.2) is 0 Å². The standard InChI is InChI=1S/C7H13NO2.C5H12.CH4/c1-10-7(9)8-5-3-2-4-6-8;1-5(2,3)4;/h2-6H2,1H3;1-4H3;1H4. The molecule has 3 nitrogen and oxygen atoms in total. The van der Waals surface area contributed by atoms with Crippen LogP contribution in [0.3, 0.4) is 0 Å². The zero-order chi connectivity index (χ0) is 11.9. The van der Waals surface area contributed by atoms with Crippen LogP contribution < -0.4 is 0 Å². The first-order valence-corrected chi connectivity index (χ1v) is 5.67. The van der Waals surface area contributed by atoms with Gasteiger partial charge in [0.1, 0.15) is 0 Å². The van der Waals surface area contributed by atoms with Gasteiger partial charge in [-0.25, -0.2) is 4.79 Å². The van der Waals surface area contributed by atoms with Crippen LogP contribution >= 0.6 is 0 Å². The van der Waals surface area contributed by atoms with Crippen molar-refractivity contribution in [1.82, 2.24) is 4.90 Å². The van der Waals surface area contributed by atoms with E-state index in [1.165, 1.54) is 13.5 Å². The third-order valence-corrected chi connectivity index (χ3v) is 1.79. The van der Waals surface area contributed by atoms with Crippen LogP contribution in [0.1, 0.15) is 54.4 Å². The van der Waals surface area contributed by atoms with Crippen molar-refractivity contribution in [3.05, 3.63) is 0 Å². The highest BCUT2D eigenvalue weighted by Gasteiger charge is 2.15. The third-order valence-electron chi connectivity index (χ3n) is 1.79. The predicted octanol–water partition coefficient (Wildman–Crippen LogP) is 3.93. The highest BCUT2D eigenvalue weighted by Crippen LogP contribution is 2.09. The summed E-state index contributed by atoms with van der Waals surface area (Å²) < 4.78 is 4.58. The molecule has 1 rings (SSSR count). The van der Waals surface area contributed by atoms with Crippen LogP contribution in [0.25, 0.3) is 0 Å². The zero-order valence-electron chi connectivity index (χ0n) is 10.8. The minimum Gasteiger partial charge on any atom is -0.453 e. The predicted molar refractivity (Wildman–Crippen MR) is 69.7 cm³/mol. The van der Waals surface area contributed by atoms with E-state index in [9.17, 15) is 4.79 Å². The fraction of sp³-hybridized carbons (Fsp3) is 0.923. The van der Waals surface area contributed by atoms with Gasteiger partial charge in [0.15, 0.2) is 0 Å². The van der Waals surface area contributed by atoms with Crippen molar-refractivity contribution < 1.29 is 9.53 Å². The van der Waals surface area contributed by atoms with E-state index in [1.807, 2.05) is 0 Å². The van der Waals surface area contributed by atoms with Crippen LogP contribution in [-0.4, -0.2) is 31.2 Å². The van der Waals surface area contributed by atoms with Gasteiger partial charge >= 0.3 is 6.09 Å². The SMILES string of the molecule is C.CC(C)(C)C.COC(=O)N1CCCCC1. The lowest BCUT2D eigenvalue weighted by Gasteiger charge is -2.24. The van der Waals surface area contributed by atoms with E-state index in [0.717, 1.165) is 25.9 Å².